The van der Waals surface area contributed by atoms with Crippen molar-refractivity contribution in [3.63, 3.8) is 0 Å². The largest absolute Gasteiger partial charge is 0.323 e. The molecule has 0 bridgehead atoms. The van der Waals surface area contributed by atoms with Gasteiger partial charge in [0.2, 0.25) is 0 Å². The van der Waals surface area contributed by atoms with E-state index >= 15 is 0 Å². The first-order chi connectivity index (χ1) is 5.54. The Morgan fingerprint density at radius 2 is 2.08 bits per heavy atom. The van der Waals surface area contributed by atoms with E-state index in [9.17, 15) is 9.36 Å². The average molecular weight is 188 g/mol. The number of carbonyl (C=O) groups excluding carboxylic acids is 1. The minimum Gasteiger partial charge on any atom is -0.323 e. The number of Topliss-reactive ketones (excluding diaryl/α,β-unsaturated/α-hetero) is 1. The monoisotopic (exact) mass is 188 g/mol. The Balaban J connectivity index is 2.04. The molecule has 12 heavy (non-hydrogen) atoms. The van der Waals surface area contributed by atoms with Crippen molar-refractivity contribution < 1.29 is 9.36 Å². The molecule has 70 valence electrons. The van der Waals surface area contributed by atoms with Gasteiger partial charge in [0, 0.05) is 24.4 Å². The normalized spacial score (nSPS) is 33.3. The van der Waals surface area contributed by atoms with Gasteiger partial charge in [0.1, 0.15) is 5.78 Å². The standard InChI is InChI=1S/C9H17O2P/c1-8(10)5-3-4-6-12(11)7-9(12)2/h9H,3-7H2,1-2H3. The Bertz CT molecular complexity index is 223. The lowest BCUT2D eigenvalue weighted by Gasteiger charge is -1.97. The van der Waals surface area contributed by atoms with Gasteiger partial charge in [0.25, 0.3) is 0 Å². The number of carbonyl (C=O) groups is 1. The van der Waals surface area contributed by atoms with Gasteiger partial charge in [-0.15, -0.1) is 0 Å². The molecule has 0 aromatic rings. The Kier molecular flexibility index (Phi) is 3.11. The Morgan fingerprint density at radius 3 is 2.50 bits per heavy atom. The van der Waals surface area contributed by atoms with Gasteiger partial charge in [-0.3, -0.25) is 0 Å². The van der Waals surface area contributed by atoms with Crippen molar-refractivity contribution in [2.45, 2.75) is 38.8 Å². The second kappa shape index (κ2) is 3.74. The topological polar surface area (TPSA) is 34.1 Å². The van der Waals surface area contributed by atoms with E-state index in [1.807, 2.05) is 0 Å². The summed E-state index contributed by atoms with van der Waals surface area (Å²) in [6, 6.07) is 0. The maximum absolute atomic E-state index is 11.6. The van der Waals surface area contributed by atoms with Gasteiger partial charge in [-0.1, -0.05) is 6.92 Å². The van der Waals surface area contributed by atoms with Crippen LogP contribution < -0.4 is 0 Å². The molecule has 1 fully saturated rings. The van der Waals surface area contributed by atoms with Crippen molar-refractivity contribution in [2.24, 2.45) is 0 Å². The van der Waals surface area contributed by atoms with Gasteiger partial charge < -0.3 is 9.36 Å². The fraction of sp³-hybridized carbons (Fsp3) is 0.889. The molecule has 0 aliphatic carbocycles. The van der Waals surface area contributed by atoms with E-state index in [4.69, 9.17) is 0 Å². The minimum atomic E-state index is -1.68. The van der Waals surface area contributed by atoms with Crippen molar-refractivity contribution in [3.8, 4) is 0 Å². The molecule has 1 saturated heterocycles. The Morgan fingerprint density at radius 1 is 1.50 bits per heavy atom. The summed E-state index contributed by atoms with van der Waals surface area (Å²) in [5.74, 6) is 0.247. The zero-order chi connectivity index (χ0) is 9.19. The maximum atomic E-state index is 11.6. The highest BCUT2D eigenvalue weighted by molar-refractivity contribution is 7.72. The van der Waals surface area contributed by atoms with E-state index in [1.54, 1.807) is 6.92 Å². The van der Waals surface area contributed by atoms with E-state index in [-0.39, 0.29) is 5.78 Å². The van der Waals surface area contributed by atoms with Crippen LogP contribution in [0.25, 0.3) is 0 Å². The van der Waals surface area contributed by atoms with Crippen LogP contribution in [0.5, 0.6) is 0 Å². The predicted molar refractivity (Wildman–Crippen MR) is 51.3 cm³/mol. The summed E-state index contributed by atoms with van der Waals surface area (Å²) in [7, 11) is -1.68. The fourth-order valence-electron chi connectivity index (χ4n) is 1.47. The third-order valence-corrected chi connectivity index (χ3v) is 6.12. The Labute approximate surface area is 74.1 Å². The van der Waals surface area contributed by atoms with Gasteiger partial charge in [0.05, 0.1) is 7.14 Å². The van der Waals surface area contributed by atoms with Crippen molar-refractivity contribution in [1.29, 1.82) is 0 Å². The van der Waals surface area contributed by atoms with Crippen LogP contribution in [0.2, 0.25) is 0 Å². The quantitative estimate of drug-likeness (QED) is 0.490. The molecule has 0 spiro atoms. The molecule has 1 heterocycles. The van der Waals surface area contributed by atoms with E-state index in [1.165, 1.54) is 0 Å². The number of unbranched alkanes of at least 4 members (excludes halogenated alkanes) is 1. The first-order valence-corrected chi connectivity index (χ1v) is 6.76. The minimum absolute atomic E-state index is 0.247. The van der Waals surface area contributed by atoms with Crippen LogP contribution in [0.15, 0.2) is 0 Å². The van der Waals surface area contributed by atoms with E-state index in [0.29, 0.717) is 12.1 Å². The summed E-state index contributed by atoms with van der Waals surface area (Å²) in [6.45, 7) is 3.67. The molecule has 2 nitrogen and oxygen atoms in total. The molecule has 1 rings (SSSR count). The molecule has 0 N–H and O–H groups in total. The van der Waals surface area contributed by atoms with E-state index in [2.05, 4.69) is 6.92 Å². The van der Waals surface area contributed by atoms with Crippen LogP contribution in [0.4, 0.5) is 0 Å². The molecule has 0 aromatic heterocycles. The van der Waals surface area contributed by atoms with Crippen molar-refractivity contribution in [1.82, 2.24) is 0 Å². The molecule has 0 radical (unpaired) electrons. The van der Waals surface area contributed by atoms with Crippen LogP contribution >= 0.6 is 7.14 Å². The Hall–Kier alpha value is -0.100. The fourth-order valence-corrected chi connectivity index (χ4v) is 4.19. The SMILES string of the molecule is CC(=O)CCCCP1(=O)CC1C. The smallest absolute Gasteiger partial charge is 0.129 e. The third-order valence-electron chi connectivity index (χ3n) is 2.56. The van der Waals surface area contributed by atoms with Gasteiger partial charge in [0.15, 0.2) is 0 Å². The van der Waals surface area contributed by atoms with Gasteiger partial charge in [-0.2, -0.15) is 0 Å². The van der Waals surface area contributed by atoms with E-state index in [0.717, 1.165) is 25.2 Å². The second-order valence-corrected chi connectivity index (χ2v) is 7.47. The summed E-state index contributed by atoms with van der Waals surface area (Å²) < 4.78 is 11.6. The molecule has 2 unspecified atom stereocenters. The van der Waals surface area contributed by atoms with Crippen LogP contribution in [-0.2, 0) is 9.36 Å². The summed E-state index contributed by atoms with van der Waals surface area (Å²) >= 11 is 0. The summed E-state index contributed by atoms with van der Waals surface area (Å²) in [5.41, 5.74) is 0.481. The molecule has 0 saturated carbocycles. The lowest BCUT2D eigenvalue weighted by Crippen LogP contribution is -1.90. The highest BCUT2D eigenvalue weighted by Crippen LogP contribution is 2.67. The van der Waals surface area contributed by atoms with Crippen LogP contribution in [0.1, 0.15) is 33.1 Å². The van der Waals surface area contributed by atoms with Crippen LogP contribution in [-0.4, -0.2) is 23.8 Å². The first kappa shape index (κ1) is 9.98. The first-order valence-electron chi connectivity index (χ1n) is 4.62. The molecule has 0 aromatic carbocycles. The highest BCUT2D eigenvalue weighted by Gasteiger charge is 2.44. The molecule has 0 amide bonds. The number of ketones is 1. The average Bonchev–Trinajstić information content (AvgIpc) is 2.53. The summed E-state index contributed by atoms with van der Waals surface area (Å²) in [5, 5.41) is 0. The summed E-state index contributed by atoms with van der Waals surface area (Å²) in [6.07, 6.45) is 4.39. The van der Waals surface area contributed by atoms with Crippen molar-refractivity contribution in [2.75, 3.05) is 12.3 Å². The number of hydrogen-bond acceptors (Lipinski definition) is 2. The summed E-state index contributed by atoms with van der Waals surface area (Å²) in [4.78, 5) is 10.6. The number of rotatable bonds is 5. The van der Waals surface area contributed by atoms with Gasteiger partial charge in [-0.25, -0.2) is 0 Å². The van der Waals surface area contributed by atoms with Gasteiger partial charge in [-0.05, 0) is 19.8 Å². The molecular formula is C9H17O2P. The van der Waals surface area contributed by atoms with Crippen molar-refractivity contribution >= 4 is 12.9 Å². The second-order valence-electron chi connectivity index (χ2n) is 3.87. The van der Waals surface area contributed by atoms with Gasteiger partial charge >= 0.3 is 0 Å². The van der Waals surface area contributed by atoms with Crippen LogP contribution in [0.3, 0.4) is 0 Å². The maximum Gasteiger partial charge on any atom is 0.129 e. The molecule has 1 aliphatic rings. The zero-order valence-electron chi connectivity index (χ0n) is 7.88. The lowest BCUT2D eigenvalue weighted by atomic mass is 10.2. The highest BCUT2D eigenvalue weighted by atomic mass is 31.2. The third kappa shape index (κ3) is 2.75. The predicted octanol–water partition coefficient (Wildman–Crippen LogP) is 2.51. The lowest BCUT2D eigenvalue weighted by molar-refractivity contribution is -0.117. The molecule has 3 heteroatoms. The van der Waals surface area contributed by atoms with Crippen LogP contribution in [0, 0.1) is 0 Å². The van der Waals surface area contributed by atoms with Crippen molar-refractivity contribution in [3.05, 3.63) is 0 Å². The molecular weight excluding hydrogens is 171 g/mol. The molecule has 2 atom stereocenters. The zero-order valence-corrected chi connectivity index (χ0v) is 8.77. The van der Waals surface area contributed by atoms with E-state index < -0.39 is 7.14 Å². The number of hydrogen-bond donors (Lipinski definition) is 0. The molecule has 1 aliphatic heterocycles.